The predicted molar refractivity (Wildman–Crippen MR) is 70.9 cm³/mol. The van der Waals surface area contributed by atoms with Gasteiger partial charge in [0.2, 0.25) is 0 Å². The van der Waals surface area contributed by atoms with E-state index in [0.717, 1.165) is 18.6 Å². The normalized spacial score (nSPS) is 12.8. The van der Waals surface area contributed by atoms with Crippen LogP contribution in [0.25, 0.3) is 0 Å². The van der Waals surface area contributed by atoms with Crippen molar-refractivity contribution in [3.8, 4) is 5.75 Å². The lowest BCUT2D eigenvalue weighted by Crippen LogP contribution is -2.35. The van der Waals surface area contributed by atoms with Crippen molar-refractivity contribution >= 4 is 5.91 Å². The highest BCUT2D eigenvalue weighted by molar-refractivity contribution is 5.77. The number of hydrogen-bond acceptors (Lipinski definition) is 3. The number of rotatable bonds is 7. The molecule has 1 rings (SSSR count). The average Bonchev–Trinajstić information content (AvgIpc) is 2.42. The quantitative estimate of drug-likeness (QED) is 0.813. The van der Waals surface area contributed by atoms with Gasteiger partial charge in [-0.05, 0) is 18.6 Å². The Labute approximate surface area is 120 Å². The number of para-hydroxylation sites is 1. The molecule has 0 aromatic heterocycles. The third kappa shape index (κ3) is 6.03. The Morgan fingerprint density at radius 2 is 2.05 bits per heavy atom. The number of halogens is 3. The molecule has 1 aromatic carbocycles. The Bertz CT molecular complexity index is 463. The highest BCUT2D eigenvalue weighted by Crippen LogP contribution is 2.35. The van der Waals surface area contributed by atoms with E-state index in [1.165, 1.54) is 12.1 Å². The van der Waals surface area contributed by atoms with Crippen LogP contribution >= 0.6 is 0 Å². The Balaban J connectivity index is 2.50. The minimum atomic E-state index is -4.54. The smallest absolute Gasteiger partial charge is 0.419 e. The second-order valence-electron chi connectivity index (χ2n) is 4.53. The van der Waals surface area contributed by atoms with E-state index < -0.39 is 36.1 Å². The van der Waals surface area contributed by atoms with E-state index in [9.17, 15) is 23.1 Å². The van der Waals surface area contributed by atoms with E-state index in [2.05, 4.69) is 5.32 Å². The van der Waals surface area contributed by atoms with E-state index in [-0.39, 0.29) is 6.54 Å². The standard InChI is InChI=1S/C14H18F3NO3/c1-2-5-10(19)8-18-13(20)9-21-12-7-4-3-6-11(12)14(15,16)17/h3-4,6-7,10,19H,2,5,8-9H2,1H3,(H,18,20). The number of aliphatic hydroxyl groups is 1. The van der Waals surface area contributed by atoms with Crippen LogP contribution in [-0.4, -0.2) is 30.3 Å². The van der Waals surface area contributed by atoms with Gasteiger partial charge in [-0.2, -0.15) is 13.2 Å². The van der Waals surface area contributed by atoms with Gasteiger partial charge in [-0.3, -0.25) is 4.79 Å². The SMILES string of the molecule is CCCC(O)CNC(=O)COc1ccccc1C(F)(F)F. The zero-order valence-corrected chi connectivity index (χ0v) is 11.6. The van der Waals surface area contributed by atoms with Crippen LogP contribution in [0.4, 0.5) is 13.2 Å². The van der Waals surface area contributed by atoms with Crippen molar-refractivity contribution < 1.29 is 27.8 Å². The molecule has 1 unspecified atom stereocenters. The fourth-order valence-electron chi connectivity index (χ4n) is 1.69. The topological polar surface area (TPSA) is 58.6 Å². The maximum Gasteiger partial charge on any atom is 0.419 e. The fraction of sp³-hybridized carbons (Fsp3) is 0.500. The molecular weight excluding hydrogens is 287 g/mol. The third-order valence-electron chi connectivity index (χ3n) is 2.71. The maximum absolute atomic E-state index is 12.7. The molecule has 0 aliphatic rings. The lowest BCUT2D eigenvalue weighted by Gasteiger charge is -2.14. The van der Waals surface area contributed by atoms with Crippen molar-refractivity contribution in [3.05, 3.63) is 29.8 Å². The summed E-state index contributed by atoms with van der Waals surface area (Å²) >= 11 is 0. The molecule has 1 atom stereocenters. The molecule has 0 aliphatic heterocycles. The minimum absolute atomic E-state index is 0.0525. The number of carbonyl (C=O) groups is 1. The van der Waals surface area contributed by atoms with Gasteiger partial charge in [-0.15, -0.1) is 0 Å². The summed E-state index contributed by atoms with van der Waals surface area (Å²) < 4.78 is 43.0. The number of alkyl halides is 3. The molecule has 0 heterocycles. The summed E-state index contributed by atoms with van der Waals surface area (Å²) in [6.45, 7) is 1.41. The van der Waals surface area contributed by atoms with E-state index in [4.69, 9.17) is 4.74 Å². The molecule has 0 bridgehead atoms. The van der Waals surface area contributed by atoms with E-state index in [1.807, 2.05) is 6.92 Å². The van der Waals surface area contributed by atoms with Crippen LogP contribution in [0.2, 0.25) is 0 Å². The Morgan fingerprint density at radius 3 is 2.67 bits per heavy atom. The Hall–Kier alpha value is -1.76. The van der Waals surface area contributed by atoms with Crippen LogP contribution in [-0.2, 0) is 11.0 Å². The van der Waals surface area contributed by atoms with Crippen molar-refractivity contribution in [2.45, 2.75) is 32.0 Å². The second kappa shape index (κ2) is 7.87. The summed E-state index contributed by atoms with van der Waals surface area (Å²) in [4.78, 5) is 11.5. The second-order valence-corrected chi connectivity index (χ2v) is 4.53. The molecule has 118 valence electrons. The molecule has 2 N–H and O–H groups in total. The number of ether oxygens (including phenoxy) is 1. The zero-order valence-electron chi connectivity index (χ0n) is 11.6. The molecule has 1 aromatic rings. The highest BCUT2D eigenvalue weighted by Gasteiger charge is 2.34. The molecule has 4 nitrogen and oxygen atoms in total. The first-order chi connectivity index (χ1) is 9.84. The molecule has 0 fully saturated rings. The fourth-order valence-corrected chi connectivity index (χ4v) is 1.69. The van der Waals surface area contributed by atoms with Gasteiger partial charge in [-0.1, -0.05) is 25.5 Å². The molecule has 1 amide bonds. The number of benzene rings is 1. The lowest BCUT2D eigenvalue weighted by molar-refractivity contribution is -0.139. The average molecular weight is 305 g/mol. The molecule has 0 aliphatic carbocycles. The van der Waals surface area contributed by atoms with Gasteiger partial charge in [0.25, 0.3) is 5.91 Å². The predicted octanol–water partition coefficient (Wildman–Crippen LogP) is 2.36. The molecule has 0 radical (unpaired) electrons. The summed E-state index contributed by atoms with van der Waals surface area (Å²) in [6, 6.07) is 4.69. The van der Waals surface area contributed by atoms with Gasteiger partial charge in [0.15, 0.2) is 6.61 Å². The summed E-state index contributed by atoms with van der Waals surface area (Å²) in [5.74, 6) is -0.976. The van der Waals surface area contributed by atoms with Crippen molar-refractivity contribution in [1.82, 2.24) is 5.32 Å². The van der Waals surface area contributed by atoms with Gasteiger partial charge in [0.1, 0.15) is 5.75 Å². The van der Waals surface area contributed by atoms with E-state index >= 15 is 0 Å². The number of carbonyl (C=O) groups excluding carboxylic acids is 1. The first kappa shape index (κ1) is 17.3. The van der Waals surface area contributed by atoms with Gasteiger partial charge >= 0.3 is 6.18 Å². The van der Waals surface area contributed by atoms with Crippen LogP contribution in [0.15, 0.2) is 24.3 Å². The Morgan fingerprint density at radius 1 is 1.38 bits per heavy atom. The van der Waals surface area contributed by atoms with Gasteiger partial charge in [-0.25, -0.2) is 0 Å². The third-order valence-corrected chi connectivity index (χ3v) is 2.71. The van der Waals surface area contributed by atoms with E-state index in [1.54, 1.807) is 0 Å². The van der Waals surface area contributed by atoms with Crippen LogP contribution in [0.1, 0.15) is 25.3 Å². The number of amides is 1. The van der Waals surface area contributed by atoms with Crippen LogP contribution < -0.4 is 10.1 Å². The maximum atomic E-state index is 12.7. The molecule has 0 saturated carbocycles. The van der Waals surface area contributed by atoms with Gasteiger partial charge in [0, 0.05) is 6.54 Å². The monoisotopic (exact) mass is 305 g/mol. The molecule has 0 spiro atoms. The Kier molecular flexibility index (Phi) is 6.48. The van der Waals surface area contributed by atoms with Gasteiger partial charge in [0.05, 0.1) is 11.7 Å². The zero-order chi connectivity index (χ0) is 15.9. The van der Waals surface area contributed by atoms with Crippen molar-refractivity contribution in [3.63, 3.8) is 0 Å². The van der Waals surface area contributed by atoms with Crippen LogP contribution in [0, 0.1) is 0 Å². The number of nitrogens with one attached hydrogen (secondary N) is 1. The molecule has 0 saturated heterocycles. The number of aliphatic hydroxyl groups excluding tert-OH is 1. The van der Waals surface area contributed by atoms with Crippen LogP contribution in [0.3, 0.4) is 0 Å². The van der Waals surface area contributed by atoms with Crippen molar-refractivity contribution in [1.29, 1.82) is 0 Å². The van der Waals surface area contributed by atoms with E-state index in [0.29, 0.717) is 6.42 Å². The highest BCUT2D eigenvalue weighted by atomic mass is 19.4. The lowest BCUT2D eigenvalue weighted by atomic mass is 10.2. The largest absolute Gasteiger partial charge is 0.483 e. The first-order valence-electron chi connectivity index (χ1n) is 6.58. The van der Waals surface area contributed by atoms with Crippen LogP contribution in [0.5, 0.6) is 5.75 Å². The molecule has 7 heteroatoms. The van der Waals surface area contributed by atoms with Gasteiger partial charge < -0.3 is 15.2 Å². The molecular formula is C14H18F3NO3. The van der Waals surface area contributed by atoms with Crippen molar-refractivity contribution in [2.75, 3.05) is 13.2 Å². The summed E-state index contributed by atoms with van der Waals surface area (Å²) in [5, 5.41) is 11.8. The summed E-state index contributed by atoms with van der Waals surface area (Å²) in [5.41, 5.74) is -0.927. The number of hydrogen-bond donors (Lipinski definition) is 2. The first-order valence-corrected chi connectivity index (χ1v) is 6.58. The summed E-state index contributed by atoms with van der Waals surface area (Å²) in [7, 11) is 0. The molecule has 21 heavy (non-hydrogen) atoms. The summed E-state index contributed by atoms with van der Waals surface area (Å²) in [6.07, 6.45) is -3.89. The van der Waals surface area contributed by atoms with Crippen molar-refractivity contribution in [2.24, 2.45) is 0 Å². The minimum Gasteiger partial charge on any atom is -0.483 e.